The lowest BCUT2D eigenvalue weighted by atomic mass is 10.1. The molecule has 0 aliphatic carbocycles. The molecule has 0 amide bonds. The molecule has 0 saturated carbocycles. The van der Waals surface area contributed by atoms with E-state index in [1.165, 1.54) is 13.2 Å². The van der Waals surface area contributed by atoms with Gasteiger partial charge in [-0.15, -0.1) is 0 Å². The maximum atomic E-state index is 11.5. The quantitative estimate of drug-likeness (QED) is 0.890. The predicted octanol–water partition coefficient (Wildman–Crippen LogP) is 1.29. The van der Waals surface area contributed by atoms with Crippen molar-refractivity contribution in [2.45, 2.75) is 11.3 Å². The van der Waals surface area contributed by atoms with Crippen LogP contribution < -0.4 is 4.74 Å². The van der Waals surface area contributed by atoms with E-state index in [1.54, 1.807) is 6.07 Å². The van der Waals surface area contributed by atoms with Crippen LogP contribution in [0.2, 0.25) is 5.02 Å². The second kappa shape index (κ2) is 5.03. The number of methoxy groups -OCH3 is 1. The summed E-state index contributed by atoms with van der Waals surface area (Å²) in [5.41, 5.74) is 0.661. The summed E-state index contributed by atoms with van der Waals surface area (Å²) in [6, 6.07) is 3.06. The monoisotopic (exact) mass is 264 g/mol. The molecule has 1 aromatic rings. The Morgan fingerprint density at radius 3 is 2.50 bits per heavy atom. The van der Waals surface area contributed by atoms with Crippen LogP contribution in [-0.4, -0.2) is 33.5 Å². The van der Waals surface area contributed by atoms with Crippen molar-refractivity contribution in [3.63, 3.8) is 0 Å². The van der Waals surface area contributed by atoms with Crippen molar-refractivity contribution in [2.24, 2.45) is 0 Å². The average Bonchev–Trinajstić information content (AvgIpc) is 2.16. The largest absolute Gasteiger partial charge is 0.494 e. The number of benzene rings is 1. The van der Waals surface area contributed by atoms with Gasteiger partial charge >= 0.3 is 0 Å². The first-order valence-corrected chi connectivity index (χ1v) is 6.84. The van der Waals surface area contributed by atoms with Crippen molar-refractivity contribution in [3.8, 4) is 5.75 Å². The molecule has 0 atom stereocenters. The van der Waals surface area contributed by atoms with Gasteiger partial charge < -0.3 is 9.84 Å². The Bertz CT molecular complexity index is 482. The fraction of sp³-hybridized carbons (Fsp3) is 0.400. The highest BCUT2D eigenvalue weighted by atomic mass is 35.5. The molecule has 0 heterocycles. The van der Waals surface area contributed by atoms with Gasteiger partial charge in [-0.25, -0.2) is 8.42 Å². The van der Waals surface area contributed by atoms with Crippen molar-refractivity contribution in [2.75, 3.05) is 20.0 Å². The Balaban J connectivity index is 3.43. The molecule has 1 aromatic carbocycles. The molecule has 16 heavy (non-hydrogen) atoms. The molecular weight excluding hydrogens is 252 g/mol. The summed E-state index contributed by atoms with van der Waals surface area (Å²) in [5.74, 6) is 0.144. The number of hydrogen-bond donors (Lipinski definition) is 1. The summed E-state index contributed by atoms with van der Waals surface area (Å²) < 4.78 is 28.0. The Kier molecular flexibility index (Phi) is 4.18. The van der Waals surface area contributed by atoms with E-state index in [1.807, 2.05) is 0 Å². The summed E-state index contributed by atoms with van der Waals surface area (Å²) >= 11 is 5.91. The third-order valence-electron chi connectivity index (χ3n) is 2.07. The van der Waals surface area contributed by atoms with Crippen molar-refractivity contribution >= 4 is 21.4 Å². The fourth-order valence-electron chi connectivity index (χ4n) is 1.37. The van der Waals surface area contributed by atoms with Crippen LogP contribution in [-0.2, 0) is 16.3 Å². The highest BCUT2D eigenvalue weighted by Crippen LogP contribution is 2.33. The molecule has 0 spiro atoms. The molecule has 0 bridgehead atoms. The van der Waals surface area contributed by atoms with Crippen LogP contribution in [0.25, 0.3) is 0 Å². The third-order valence-corrected chi connectivity index (χ3v) is 3.46. The van der Waals surface area contributed by atoms with Gasteiger partial charge in [0.05, 0.1) is 12.1 Å². The average molecular weight is 265 g/mol. The molecular formula is C10H13ClO4S. The molecule has 0 aliphatic heterocycles. The molecule has 0 saturated heterocycles. The van der Waals surface area contributed by atoms with Crippen LogP contribution in [0, 0.1) is 0 Å². The lowest BCUT2D eigenvalue weighted by molar-refractivity contribution is 0.299. The first-order chi connectivity index (χ1) is 7.40. The lowest BCUT2D eigenvalue weighted by Crippen LogP contribution is -2.03. The molecule has 1 rings (SSSR count). The van der Waals surface area contributed by atoms with Gasteiger partial charge in [0.1, 0.15) is 4.90 Å². The van der Waals surface area contributed by atoms with E-state index in [2.05, 4.69) is 0 Å². The first-order valence-electron chi connectivity index (χ1n) is 4.57. The van der Waals surface area contributed by atoms with Crippen LogP contribution in [0.4, 0.5) is 0 Å². The Labute approximate surface area is 99.7 Å². The van der Waals surface area contributed by atoms with E-state index in [4.69, 9.17) is 21.4 Å². The van der Waals surface area contributed by atoms with E-state index in [9.17, 15) is 8.42 Å². The zero-order valence-electron chi connectivity index (χ0n) is 9.03. The topological polar surface area (TPSA) is 63.6 Å². The second-order valence-corrected chi connectivity index (χ2v) is 5.75. The molecule has 4 nitrogen and oxygen atoms in total. The summed E-state index contributed by atoms with van der Waals surface area (Å²) in [6.07, 6.45) is 1.44. The summed E-state index contributed by atoms with van der Waals surface area (Å²) in [4.78, 5) is 0.0472. The van der Waals surface area contributed by atoms with Crippen molar-refractivity contribution in [3.05, 3.63) is 22.7 Å². The number of rotatable bonds is 4. The molecule has 0 fully saturated rings. The minimum Gasteiger partial charge on any atom is -0.494 e. The molecule has 0 aliphatic rings. The maximum absolute atomic E-state index is 11.5. The fourth-order valence-corrected chi connectivity index (χ4v) is 2.64. The van der Waals surface area contributed by atoms with Gasteiger partial charge in [-0.05, 0) is 24.1 Å². The van der Waals surface area contributed by atoms with Gasteiger partial charge in [-0.3, -0.25) is 0 Å². The number of halogens is 1. The number of hydrogen-bond acceptors (Lipinski definition) is 4. The van der Waals surface area contributed by atoms with Crippen LogP contribution in [0.15, 0.2) is 17.0 Å². The van der Waals surface area contributed by atoms with E-state index in [0.717, 1.165) is 6.26 Å². The summed E-state index contributed by atoms with van der Waals surface area (Å²) in [6.45, 7) is -0.0636. The Morgan fingerprint density at radius 1 is 1.44 bits per heavy atom. The second-order valence-electron chi connectivity index (χ2n) is 3.35. The number of aliphatic hydroxyl groups is 1. The molecule has 0 aromatic heterocycles. The summed E-state index contributed by atoms with van der Waals surface area (Å²) in [5, 5.41) is 9.04. The van der Waals surface area contributed by atoms with Gasteiger partial charge in [0.25, 0.3) is 0 Å². The first kappa shape index (κ1) is 13.3. The van der Waals surface area contributed by atoms with Crippen molar-refractivity contribution in [1.82, 2.24) is 0 Å². The molecule has 6 heteroatoms. The number of ether oxygens (including phenoxy) is 1. The molecule has 0 unspecified atom stereocenters. The van der Waals surface area contributed by atoms with E-state index in [0.29, 0.717) is 12.0 Å². The van der Waals surface area contributed by atoms with Crippen LogP contribution in [0.1, 0.15) is 5.56 Å². The van der Waals surface area contributed by atoms with E-state index in [-0.39, 0.29) is 22.3 Å². The van der Waals surface area contributed by atoms with Crippen molar-refractivity contribution in [1.29, 1.82) is 0 Å². The Hall–Kier alpha value is -0.780. The van der Waals surface area contributed by atoms with Gasteiger partial charge in [-0.1, -0.05) is 11.6 Å². The summed E-state index contributed by atoms with van der Waals surface area (Å²) in [7, 11) is -2.04. The third kappa shape index (κ3) is 2.87. The van der Waals surface area contributed by atoms with Crippen LogP contribution in [0.5, 0.6) is 5.75 Å². The molecule has 0 radical (unpaired) electrons. The molecule has 90 valence electrons. The highest BCUT2D eigenvalue weighted by Gasteiger charge is 2.18. The van der Waals surface area contributed by atoms with E-state index >= 15 is 0 Å². The maximum Gasteiger partial charge on any atom is 0.179 e. The lowest BCUT2D eigenvalue weighted by Gasteiger charge is -2.11. The smallest absolute Gasteiger partial charge is 0.179 e. The highest BCUT2D eigenvalue weighted by molar-refractivity contribution is 7.90. The normalized spacial score (nSPS) is 11.5. The van der Waals surface area contributed by atoms with Gasteiger partial charge in [0.15, 0.2) is 15.6 Å². The zero-order chi connectivity index (χ0) is 12.3. The zero-order valence-corrected chi connectivity index (χ0v) is 10.6. The van der Waals surface area contributed by atoms with Gasteiger partial charge in [0, 0.05) is 12.9 Å². The minimum absolute atomic E-state index is 0.0472. The number of aliphatic hydroxyl groups excluding tert-OH is 1. The Morgan fingerprint density at radius 2 is 2.06 bits per heavy atom. The SMILES string of the molecule is COc1c(Cl)cc(CCO)cc1S(C)(=O)=O. The predicted molar refractivity (Wildman–Crippen MR) is 61.9 cm³/mol. The van der Waals surface area contributed by atoms with Gasteiger partial charge in [-0.2, -0.15) is 0 Å². The number of sulfone groups is 1. The van der Waals surface area contributed by atoms with Crippen molar-refractivity contribution < 1.29 is 18.3 Å². The van der Waals surface area contributed by atoms with Gasteiger partial charge in [0.2, 0.25) is 0 Å². The minimum atomic E-state index is -3.40. The standard InChI is InChI=1S/C10H13ClO4S/c1-15-10-8(11)5-7(3-4-12)6-9(10)16(2,13)14/h5-6,12H,3-4H2,1-2H3. The van der Waals surface area contributed by atoms with Crippen LogP contribution >= 0.6 is 11.6 Å². The van der Waals surface area contributed by atoms with Crippen LogP contribution in [0.3, 0.4) is 0 Å². The van der Waals surface area contributed by atoms with E-state index < -0.39 is 9.84 Å². The molecule has 1 N–H and O–H groups in total.